The number of rotatable bonds is 4. The first-order chi connectivity index (χ1) is 10.1. The summed E-state index contributed by atoms with van der Waals surface area (Å²) in [6.07, 6.45) is 10.7. The minimum atomic E-state index is 0.709. The van der Waals surface area contributed by atoms with Gasteiger partial charge in [0, 0.05) is 10.6 Å². The van der Waals surface area contributed by atoms with E-state index in [4.69, 9.17) is 5.73 Å². The van der Waals surface area contributed by atoms with E-state index in [-0.39, 0.29) is 0 Å². The fourth-order valence-electron chi connectivity index (χ4n) is 5.75. The largest absolute Gasteiger partial charge is 0.398 e. The van der Waals surface area contributed by atoms with Crippen molar-refractivity contribution in [3.63, 3.8) is 0 Å². The summed E-state index contributed by atoms with van der Waals surface area (Å²) in [6.45, 7) is 2.11. The van der Waals surface area contributed by atoms with Gasteiger partial charge < -0.3 is 5.73 Å². The molecule has 4 fully saturated rings. The number of thioether (sulfide) groups is 1. The van der Waals surface area contributed by atoms with E-state index in [0.717, 1.165) is 23.4 Å². The second kappa shape index (κ2) is 5.22. The smallest absolute Gasteiger partial charge is 0.0481 e. The lowest BCUT2D eigenvalue weighted by Crippen LogP contribution is -2.46. The minimum Gasteiger partial charge on any atom is -0.398 e. The first-order valence-corrected chi connectivity index (χ1v) is 9.60. The summed E-state index contributed by atoms with van der Waals surface area (Å²) in [4.78, 5) is 1.29. The van der Waals surface area contributed by atoms with E-state index in [1.165, 1.54) is 41.9 Å². The Morgan fingerprint density at radius 1 is 1.10 bits per heavy atom. The highest BCUT2D eigenvalue weighted by atomic mass is 32.2. The molecule has 0 unspecified atom stereocenters. The Morgan fingerprint density at radius 3 is 2.33 bits per heavy atom. The van der Waals surface area contributed by atoms with E-state index >= 15 is 0 Å². The van der Waals surface area contributed by atoms with Crippen LogP contribution in [0.1, 0.15) is 50.5 Å². The molecule has 1 nitrogen and oxygen atoms in total. The molecule has 4 bridgehead atoms. The Kier molecular flexibility index (Phi) is 3.48. The lowest BCUT2D eigenvalue weighted by Gasteiger charge is -2.57. The maximum atomic E-state index is 6.21. The zero-order chi connectivity index (χ0) is 14.4. The maximum absolute atomic E-state index is 6.21. The fraction of sp³-hybridized carbons (Fsp3) is 0.684. The molecular weight excluding hydrogens is 274 g/mol. The maximum Gasteiger partial charge on any atom is 0.0481 e. The molecule has 0 aliphatic heterocycles. The summed E-state index contributed by atoms with van der Waals surface area (Å²) in [5.41, 5.74) is 9.13. The normalized spacial score (nSPS) is 37.1. The summed E-state index contributed by atoms with van der Waals surface area (Å²) >= 11 is 1.99. The fourth-order valence-corrected chi connectivity index (χ4v) is 7.00. The van der Waals surface area contributed by atoms with Gasteiger partial charge in [0.15, 0.2) is 0 Å². The molecule has 5 rings (SSSR count). The van der Waals surface area contributed by atoms with Crippen molar-refractivity contribution in [1.82, 2.24) is 0 Å². The Morgan fingerprint density at radius 2 is 1.71 bits per heavy atom. The number of para-hydroxylation sites is 1. The van der Waals surface area contributed by atoms with Gasteiger partial charge in [-0.3, -0.25) is 0 Å². The van der Waals surface area contributed by atoms with E-state index in [0.29, 0.717) is 5.41 Å². The molecule has 114 valence electrons. The van der Waals surface area contributed by atoms with Crippen LogP contribution in [0.3, 0.4) is 0 Å². The van der Waals surface area contributed by atoms with Crippen LogP contribution in [0.5, 0.6) is 0 Å². The van der Waals surface area contributed by atoms with Gasteiger partial charge in [0.25, 0.3) is 0 Å². The predicted molar refractivity (Wildman–Crippen MR) is 91.5 cm³/mol. The zero-order valence-electron chi connectivity index (χ0n) is 13.1. The number of hydrogen-bond donors (Lipinski definition) is 1. The number of anilines is 1. The highest BCUT2D eigenvalue weighted by Gasteiger charge is 2.50. The minimum absolute atomic E-state index is 0.709. The molecule has 21 heavy (non-hydrogen) atoms. The molecule has 1 aromatic carbocycles. The third-order valence-electron chi connectivity index (χ3n) is 6.34. The molecule has 0 atom stereocenters. The van der Waals surface area contributed by atoms with Crippen molar-refractivity contribution in [1.29, 1.82) is 0 Å². The molecule has 4 aliphatic carbocycles. The summed E-state index contributed by atoms with van der Waals surface area (Å²) < 4.78 is 0. The van der Waals surface area contributed by atoms with Crippen molar-refractivity contribution >= 4 is 17.4 Å². The Bertz CT molecular complexity index is 501. The summed E-state index contributed by atoms with van der Waals surface area (Å²) in [5.74, 6) is 4.47. The van der Waals surface area contributed by atoms with Crippen LogP contribution in [0.15, 0.2) is 23.1 Å². The second-order valence-electron chi connectivity index (χ2n) is 8.00. The van der Waals surface area contributed by atoms with Gasteiger partial charge in [0.05, 0.1) is 0 Å². The van der Waals surface area contributed by atoms with Crippen molar-refractivity contribution in [2.24, 2.45) is 23.2 Å². The number of nitrogens with two attached hydrogens (primary N) is 1. The molecule has 1 aromatic rings. The van der Waals surface area contributed by atoms with Crippen LogP contribution in [0.2, 0.25) is 0 Å². The molecule has 0 saturated heterocycles. The molecule has 0 aromatic heterocycles. The number of benzene rings is 1. The first-order valence-electron chi connectivity index (χ1n) is 8.61. The lowest BCUT2D eigenvalue weighted by molar-refractivity contribution is -0.0538. The quantitative estimate of drug-likeness (QED) is 0.605. The molecule has 2 N–H and O–H groups in total. The van der Waals surface area contributed by atoms with Gasteiger partial charge in [0.2, 0.25) is 0 Å². The van der Waals surface area contributed by atoms with Crippen LogP contribution in [0.4, 0.5) is 5.69 Å². The van der Waals surface area contributed by atoms with E-state index in [1.807, 2.05) is 11.8 Å². The summed E-state index contributed by atoms with van der Waals surface area (Å²) in [5, 5.41) is 0. The number of hydrogen-bond acceptors (Lipinski definition) is 2. The molecule has 0 amide bonds. The summed E-state index contributed by atoms with van der Waals surface area (Å²) in [6, 6.07) is 6.43. The molecule has 2 heteroatoms. The second-order valence-corrected chi connectivity index (χ2v) is 9.14. The first kappa shape index (κ1) is 14.0. The lowest BCUT2D eigenvalue weighted by atomic mass is 9.49. The van der Waals surface area contributed by atoms with Crippen molar-refractivity contribution in [3.05, 3.63) is 23.8 Å². The van der Waals surface area contributed by atoms with Crippen molar-refractivity contribution < 1.29 is 0 Å². The highest BCUT2D eigenvalue weighted by Crippen LogP contribution is 2.61. The van der Waals surface area contributed by atoms with Gasteiger partial charge in [-0.2, -0.15) is 0 Å². The van der Waals surface area contributed by atoms with Crippen LogP contribution >= 0.6 is 11.8 Å². The molecule has 0 spiro atoms. The van der Waals surface area contributed by atoms with Gasteiger partial charge in [-0.1, -0.05) is 12.1 Å². The molecule has 4 saturated carbocycles. The molecule has 0 heterocycles. The Balaban J connectivity index is 1.40. The van der Waals surface area contributed by atoms with Gasteiger partial charge in [-0.25, -0.2) is 0 Å². The topological polar surface area (TPSA) is 26.0 Å². The number of aryl methyl sites for hydroxylation is 1. The third kappa shape index (κ3) is 2.60. The molecular formula is C19H27NS. The van der Waals surface area contributed by atoms with Crippen molar-refractivity contribution in [2.75, 3.05) is 11.5 Å². The average molecular weight is 301 g/mol. The summed E-state index contributed by atoms with van der Waals surface area (Å²) in [7, 11) is 0. The predicted octanol–water partition coefficient (Wildman–Crippen LogP) is 5.28. The van der Waals surface area contributed by atoms with Crippen LogP contribution in [-0.4, -0.2) is 5.75 Å². The average Bonchev–Trinajstić information content (AvgIpc) is 2.42. The van der Waals surface area contributed by atoms with Gasteiger partial charge in [0.1, 0.15) is 0 Å². The van der Waals surface area contributed by atoms with Gasteiger partial charge >= 0.3 is 0 Å². The Hall–Kier alpha value is -0.630. The van der Waals surface area contributed by atoms with E-state index in [2.05, 4.69) is 25.1 Å². The third-order valence-corrected chi connectivity index (χ3v) is 7.41. The molecule has 4 aliphatic rings. The standard InChI is InChI=1S/C19H27NS/c1-13-3-2-4-17(18(13)20)21-6-5-19-10-14-7-15(11-19)9-16(8-14)12-19/h2-4,14-16H,5-12,20H2,1H3. The zero-order valence-corrected chi connectivity index (χ0v) is 13.9. The Labute approximate surface area is 133 Å². The number of nitrogen functional groups attached to an aromatic ring is 1. The van der Waals surface area contributed by atoms with Crippen LogP contribution in [0.25, 0.3) is 0 Å². The van der Waals surface area contributed by atoms with Gasteiger partial charge in [-0.15, -0.1) is 11.8 Å². The van der Waals surface area contributed by atoms with E-state index < -0.39 is 0 Å². The van der Waals surface area contributed by atoms with Crippen LogP contribution < -0.4 is 5.73 Å². The van der Waals surface area contributed by atoms with E-state index in [9.17, 15) is 0 Å². The monoisotopic (exact) mass is 301 g/mol. The van der Waals surface area contributed by atoms with E-state index in [1.54, 1.807) is 19.3 Å². The van der Waals surface area contributed by atoms with Crippen LogP contribution in [-0.2, 0) is 0 Å². The molecule has 0 radical (unpaired) electrons. The van der Waals surface area contributed by atoms with Crippen molar-refractivity contribution in [3.8, 4) is 0 Å². The SMILES string of the molecule is Cc1cccc(SCCC23CC4CC(CC(C4)C2)C3)c1N. The van der Waals surface area contributed by atoms with Gasteiger partial charge in [-0.05, 0) is 92.4 Å². The van der Waals surface area contributed by atoms with Crippen LogP contribution in [0, 0.1) is 30.1 Å². The highest BCUT2D eigenvalue weighted by molar-refractivity contribution is 7.99. The van der Waals surface area contributed by atoms with Crippen molar-refractivity contribution in [2.45, 2.75) is 56.8 Å².